The lowest BCUT2D eigenvalue weighted by Crippen LogP contribution is -2.43. The topological polar surface area (TPSA) is 3.24 Å². The molecular formula is C28H31N. The van der Waals surface area contributed by atoms with Crippen LogP contribution in [0.1, 0.15) is 70.7 Å². The molecule has 0 amide bonds. The molecule has 1 nitrogen and oxygen atoms in total. The minimum absolute atomic E-state index is 0.00874. The minimum Gasteiger partial charge on any atom is -0.336 e. The highest BCUT2D eigenvalue weighted by molar-refractivity contribution is 5.88. The first-order valence-corrected chi connectivity index (χ1v) is 10.7. The molecule has 0 unspecified atom stereocenters. The number of para-hydroxylation sites is 1. The largest absolute Gasteiger partial charge is 0.336 e. The fraction of sp³-hybridized carbons (Fsp3) is 0.357. The number of fused-ring (bicyclic) bond motifs is 5. The van der Waals surface area contributed by atoms with Gasteiger partial charge in [-0.05, 0) is 72.4 Å². The van der Waals surface area contributed by atoms with Gasteiger partial charge in [-0.1, -0.05) is 70.2 Å². The molecule has 3 aromatic rings. The van der Waals surface area contributed by atoms with E-state index in [4.69, 9.17) is 0 Å². The first kappa shape index (κ1) is 18.5. The van der Waals surface area contributed by atoms with Gasteiger partial charge in [0.05, 0.1) is 0 Å². The predicted octanol–water partition coefficient (Wildman–Crippen LogP) is 7.57. The zero-order valence-corrected chi connectivity index (χ0v) is 18.7. The predicted molar refractivity (Wildman–Crippen MR) is 124 cm³/mol. The van der Waals surface area contributed by atoms with Crippen molar-refractivity contribution in [2.75, 3.05) is 4.90 Å². The van der Waals surface area contributed by atoms with Crippen molar-refractivity contribution >= 4 is 11.4 Å². The van der Waals surface area contributed by atoms with E-state index < -0.39 is 0 Å². The molecule has 1 aliphatic carbocycles. The summed E-state index contributed by atoms with van der Waals surface area (Å²) < 4.78 is 0. The second-order valence-corrected chi connectivity index (χ2v) is 10.7. The number of rotatable bonds is 0. The van der Waals surface area contributed by atoms with Gasteiger partial charge in [0.2, 0.25) is 0 Å². The highest BCUT2D eigenvalue weighted by Crippen LogP contribution is 2.56. The fourth-order valence-electron chi connectivity index (χ4n) is 5.62. The molecule has 0 saturated carbocycles. The molecule has 2 aliphatic rings. The SMILES string of the molecule is CC1(C)c2ccccc2-c2cc3c(cc21)N(C(C)(C)C)c1ccccc1C3(C)C. The third-order valence-corrected chi connectivity index (χ3v) is 7.10. The fourth-order valence-corrected chi connectivity index (χ4v) is 5.62. The highest BCUT2D eigenvalue weighted by Gasteiger charge is 2.43. The summed E-state index contributed by atoms with van der Waals surface area (Å²) in [6.45, 7) is 16.4. The van der Waals surface area contributed by atoms with Crippen LogP contribution >= 0.6 is 0 Å². The van der Waals surface area contributed by atoms with Crippen molar-refractivity contribution in [2.45, 2.75) is 64.8 Å². The molecule has 0 atom stereocenters. The van der Waals surface area contributed by atoms with E-state index in [1.165, 1.54) is 44.8 Å². The first-order chi connectivity index (χ1) is 13.5. The van der Waals surface area contributed by atoms with Crippen LogP contribution < -0.4 is 4.90 Å². The van der Waals surface area contributed by atoms with Crippen LogP contribution in [0.15, 0.2) is 60.7 Å². The van der Waals surface area contributed by atoms with Gasteiger partial charge >= 0.3 is 0 Å². The monoisotopic (exact) mass is 381 g/mol. The Bertz CT molecular complexity index is 1140. The molecule has 1 heteroatoms. The van der Waals surface area contributed by atoms with Gasteiger partial charge in [-0.15, -0.1) is 0 Å². The normalized spacial score (nSPS) is 18.0. The second kappa shape index (κ2) is 5.53. The van der Waals surface area contributed by atoms with E-state index in [9.17, 15) is 0 Å². The maximum absolute atomic E-state index is 2.56. The minimum atomic E-state index is -0.0373. The smallest absolute Gasteiger partial charge is 0.0460 e. The Hall–Kier alpha value is -2.54. The third-order valence-electron chi connectivity index (χ3n) is 7.10. The van der Waals surface area contributed by atoms with E-state index in [-0.39, 0.29) is 16.4 Å². The van der Waals surface area contributed by atoms with Gasteiger partial charge in [0, 0.05) is 27.7 Å². The van der Waals surface area contributed by atoms with Crippen molar-refractivity contribution in [1.82, 2.24) is 0 Å². The van der Waals surface area contributed by atoms with Crippen LogP contribution in [-0.4, -0.2) is 5.54 Å². The van der Waals surface area contributed by atoms with Crippen molar-refractivity contribution in [3.8, 4) is 11.1 Å². The summed E-state index contributed by atoms with van der Waals surface area (Å²) >= 11 is 0. The number of anilines is 2. The Kier molecular flexibility index (Phi) is 3.53. The highest BCUT2D eigenvalue weighted by atomic mass is 15.2. The molecule has 0 aromatic heterocycles. The molecule has 3 aromatic carbocycles. The lowest BCUT2D eigenvalue weighted by atomic mass is 9.71. The van der Waals surface area contributed by atoms with Gasteiger partial charge in [0.15, 0.2) is 0 Å². The van der Waals surface area contributed by atoms with E-state index in [0.717, 1.165) is 0 Å². The van der Waals surface area contributed by atoms with Crippen LogP contribution in [0.2, 0.25) is 0 Å². The Morgan fingerprint density at radius 2 is 1.17 bits per heavy atom. The Morgan fingerprint density at radius 1 is 0.586 bits per heavy atom. The first-order valence-electron chi connectivity index (χ1n) is 10.7. The maximum Gasteiger partial charge on any atom is 0.0460 e. The van der Waals surface area contributed by atoms with Crippen molar-refractivity contribution in [2.24, 2.45) is 0 Å². The summed E-state index contributed by atoms with van der Waals surface area (Å²) in [4.78, 5) is 2.56. The van der Waals surface area contributed by atoms with Crippen LogP contribution in [0.5, 0.6) is 0 Å². The van der Waals surface area contributed by atoms with Crippen molar-refractivity contribution in [3.05, 3.63) is 82.9 Å². The zero-order valence-electron chi connectivity index (χ0n) is 18.7. The van der Waals surface area contributed by atoms with Crippen molar-refractivity contribution in [1.29, 1.82) is 0 Å². The van der Waals surface area contributed by atoms with Gasteiger partial charge < -0.3 is 4.90 Å². The molecule has 1 aliphatic heterocycles. The molecule has 5 rings (SSSR count). The number of hydrogen-bond donors (Lipinski definition) is 0. The van der Waals surface area contributed by atoms with Crippen LogP contribution in [0.3, 0.4) is 0 Å². The average Bonchev–Trinajstić information content (AvgIpc) is 2.88. The van der Waals surface area contributed by atoms with Crippen molar-refractivity contribution < 1.29 is 0 Å². The van der Waals surface area contributed by atoms with Crippen LogP contribution in [0, 0.1) is 0 Å². The zero-order chi connectivity index (χ0) is 20.8. The summed E-state index contributed by atoms with van der Waals surface area (Å²) in [5.41, 5.74) is 11.2. The standard InChI is InChI=1S/C28H31N/c1-26(2,3)29-24-15-11-10-14-21(24)28(6,7)23-16-19-18-12-8-9-13-20(18)27(4,5)22(19)17-25(23)29/h8-17H,1-7H3. The van der Waals surface area contributed by atoms with E-state index in [0.29, 0.717) is 0 Å². The Balaban J connectivity index is 1.88. The molecule has 0 radical (unpaired) electrons. The second-order valence-electron chi connectivity index (χ2n) is 10.7. The Labute approximate surface area is 175 Å². The summed E-state index contributed by atoms with van der Waals surface area (Å²) in [5, 5.41) is 0. The number of benzene rings is 3. The van der Waals surface area contributed by atoms with E-state index in [1.54, 1.807) is 0 Å². The lowest BCUT2D eigenvalue weighted by Gasteiger charge is -2.48. The molecular weight excluding hydrogens is 350 g/mol. The summed E-state index contributed by atoms with van der Waals surface area (Å²) in [5.74, 6) is 0. The molecule has 0 saturated heterocycles. The summed E-state index contributed by atoms with van der Waals surface area (Å²) in [6.07, 6.45) is 0. The van der Waals surface area contributed by atoms with E-state index in [2.05, 4.69) is 114 Å². The van der Waals surface area contributed by atoms with E-state index in [1.807, 2.05) is 0 Å². The molecule has 0 spiro atoms. The average molecular weight is 382 g/mol. The summed E-state index contributed by atoms with van der Waals surface area (Å²) in [7, 11) is 0. The molecule has 148 valence electrons. The lowest BCUT2D eigenvalue weighted by molar-refractivity contribution is 0.529. The summed E-state index contributed by atoms with van der Waals surface area (Å²) in [6, 6.07) is 22.9. The van der Waals surface area contributed by atoms with Crippen LogP contribution in [0.25, 0.3) is 11.1 Å². The maximum atomic E-state index is 2.56. The quantitative estimate of drug-likeness (QED) is 0.388. The molecule has 0 fully saturated rings. The van der Waals surface area contributed by atoms with Gasteiger partial charge in [0.25, 0.3) is 0 Å². The van der Waals surface area contributed by atoms with E-state index >= 15 is 0 Å². The third kappa shape index (κ3) is 2.34. The van der Waals surface area contributed by atoms with Crippen molar-refractivity contribution in [3.63, 3.8) is 0 Å². The van der Waals surface area contributed by atoms with Crippen LogP contribution in [-0.2, 0) is 10.8 Å². The Morgan fingerprint density at radius 3 is 1.86 bits per heavy atom. The number of hydrogen-bond acceptors (Lipinski definition) is 1. The molecule has 1 heterocycles. The van der Waals surface area contributed by atoms with Gasteiger partial charge in [-0.25, -0.2) is 0 Å². The molecule has 0 bridgehead atoms. The molecule has 29 heavy (non-hydrogen) atoms. The number of nitrogens with zero attached hydrogens (tertiary/aromatic N) is 1. The van der Waals surface area contributed by atoms with Gasteiger partial charge in [-0.3, -0.25) is 0 Å². The van der Waals surface area contributed by atoms with Crippen LogP contribution in [0.4, 0.5) is 11.4 Å². The van der Waals surface area contributed by atoms with Gasteiger partial charge in [0.1, 0.15) is 0 Å². The van der Waals surface area contributed by atoms with Gasteiger partial charge in [-0.2, -0.15) is 0 Å². The molecule has 0 N–H and O–H groups in total.